The van der Waals surface area contributed by atoms with Crippen LogP contribution in [0.5, 0.6) is 5.75 Å². The molecule has 0 N–H and O–H groups in total. The second-order valence-corrected chi connectivity index (χ2v) is 3.80. The van der Waals surface area contributed by atoms with Crippen LogP contribution in [0.2, 0.25) is 0 Å². The molecular weight excluding hydrogens is 212 g/mol. The van der Waals surface area contributed by atoms with Gasteiger partial charge in [0.25, 0.3) is 0 Å². The second kappa shape index (κ2) is 8.66. The maximum absolute atomic E-state index is 5.46. The highest BCUT2D eigenvalue weighted by Gasteiger charge is 1.93. The molecule has 92 valence electrons. The zero-order chi connectivity index (χ0) is 12.3. The van der Waals surface area contributed by atoms with Crippen molar-refractivity contribution in [1.29, 1.82) is 0 Å². The van der Waals surface area contributed by atoms with Crippen molar-refractivity contribution in [2.75, 3.05) is 13.7 Å². The molecule has 0 spiro atoms. The van der Waals surface area contributed by atoms with Gasteiger partial charge in [0.2, 0.25) is 0 Å². The zero-order valence-corrected chi connectivity index (χ0v) is 10.7. The maximum Gasteiger partial charge on any atom is 0.118 e. The quantitative estimate of drug-likeness (QED) is 0.553. The van der Waals surface area contributed by atoms with Crippen LogP contribution >= 0.6 is 0 Å². The summed E-state index contributed by atoms with van der Waals surface area (Å²) in [5, 5.41) is 0. The summed E-state index contributed by atoms with van der Waals surface area (Å²) in [6.45, 7) is 3.28. The monoisotopic (exact) mass is 232 g/mol. The van der Waals surface area contributed by atoms with Gasteiger partial charge >= 0.3 is 0 Å². The number of rotatable bonds is 6. The third-order valence-corrected chi connectivity index (χ3v) is 2.38. The van der Waals surface area contributed by atoms with Crippen molar-refractivity contribution >= 4 is 0 Å². The number of unbranched alkanes of at least 4 members (excludes halogenated alkanes) is 2. The van der Waals surface area contributed by atoms with Crippen molar-refractivity contribution < 1.29 is 9.47 Å². The van der Waals surface area contributed by atoms with Crippen LogP contribution < -0.4 is 4.74 Å². The Morgan fingerprint density at radius 1 is 1.12 bits per heavy atom. The molecule has 2 heteroatoms. The molecule has 1 rings (SSSR count). The maximum atomic E-state index is 5.46. The summed E-state index contributed by atoms with van der Waals surface area (Å²) in [6.07, 6.45) is 3.34. The molecule has 0 saturated carbocycles. The van der Waals surface area contributed by atoms with Gasteiger partial charge in [0.05, 0.1) is 13.7 Å². The van der Waals surface area contributed by atoms with Crippen LogP contribution in [0.15, 0.2) is 24.3 Å². The topological polar surface area (TPSA) is 18.5 Å². The van der Waals surface area contributed by atoms with Gasteiger partial charge in [-0.3, -0.25) is 0 Å². The van der Waals surface area contributed by atoms with Crippen molar-refractivity contribution in [1.82, 2.24) is 0 Å². The minimum absolute atomic E-state index is 0.510. The van der Waals surface area contributed by atoms with E-state index >= 15 is 0 Å². The standard InChI is InChI=1S/C15H20O2/c1-3-4-5-6-7-12-17-13-14-8-10-15(16-2)11-9-14/h8-11H,3-5,12-13H2,1-2H3. The Morgan fingerprint density at radius 3 is 2.53 bits per heavy atom. The fourth-order valence-corrected chi connectivity index (χ4v) is 1.35. The Labute approximate surface area is 104 Å². The molecule has 1 aromatic carbocycles. The first kappa shape index (κ1) is 13.6. The summed E-state index contributed by atoms with van der Waals surface area (Å²) in [7, 11) is 1.66. The largest absolute Gasteiger partial charge is 0.497 e. The molecule has 0 heterocycles. The lowest BCUT2D eigenvalue weighted by atomic mass is 10.2. The fourth-order valence-electron chi connectivity index (χ4n) is 1.35. The Hall–Kier alpha value is -1.46. The minimum atomic E-state index is 0.510. The molecule has 0 aliphatic rings. The third kappa shape index (κ3) is 5.99. The molecule has 0 fully saturated rings. The van der Waals surface area contributed by atoms with Crippen LogP contribution in [0, 0.1) is 11.8 Å². The summed E-state index contributed by atoms with van der Waals surface area (Å²) in [5.74, 6) is 6.98. The van der Waals surface area contributed by atoms with E-state index in [-0.39, 0.29) is 0 Å². The van der Waals surface area contributed by atoms with Gasteiger partial charge in [-0.15, -0.1) is 5.92 Å². The lowest BCUT2D eigenvalue weighted by molar-refractivity contribution is 0.153. The van der Waals surface area contributed by atoms with Crippen LogP contribution in [-0.4, -0.2) is 13.7 Å². The van der Waals surface area contributed by atoms with Gasteiger partial charge in [0, 0.05) is 6.42 Å². The van der Waals surface area contributed by atoms with E-state index in [0.717, 1.165) is 17.7 Å². The van der Waals surface area contributed by atoms with Gasteiger partial charge in [0.1, 0.15) is 12.4 Å². The summed E-state index contributed by atoms with van der Waals surface area (Å²) in [5.41, 5.74) is 1.14. The molecule has 0 radical (unpaired) electrons. The molecule has 0 amide bonds. The Bertz CT molecular complexity index is 357. The van der Waals surface area contributed by atoms with E-state index in [4.69, 9.17) is 9.47 Å². The molecular formula is C15H20O2. The molecule has 0 bridgehead atoms. The third-order valence-electron chi connectivity index (χ3n) is 2.38. The Morgan fingerprint density at radius 2 is 1.88 bits per heavy atom. The molecule has 0 aliphatic heterocycles. The highest BCUT2D eigenvalue weighted by atomic mass is 16.5. The minimum Gasteiger partial charge on any atom is -0.497 e. The predicted octanol–water partition coefficient (Wildman–Crippen LogP) is 3.41. The van der Waals surface area contributed by atoms with Gasteiger partial charge in [-0.1, -0.05) is 31.4 Å². The normalized spacial score (nSPS) is 9.53. The van der Waals surface area contributed by atoms with Gasteiger partial charge in [-0.25, -0.2) is 0 Å². The van der Waals surface area contributed by atoms with Crippen molar-refractivity contribution in [3.63, 3.8) is 0 Å². The number of hydrogen-bond donors (Lipinski definition) is 0. The number of methoxy groups -OCH3 is 1. The molecule has 0 aromatic heterocycles. The summed E-state index contributed by atoms with van der Waals surface area (Å²) >= 11 is 0. The van der Waals surface area contributed by atoms with Crippen molar-refractivity contribution in [3.8, 4) is 17.6 Å². The average Bonchev–Trinajstić information content (AvgIpc) is 2.38. The van der Waals surface area contributed by atoms with E-state index in [1.54, 1.807) is 7.11 Å². The second-order valence-electron chi connectivity index (χ2n) is 3.80. The van der Waals surface area contributed by atoms with Crippen molar-refractivity contribution in [3.05, 3.63) is 29.8 Å². The lowest BCUT2D eigenvalue weighted by Gasteiger charge is -2.02. The first-order chi connectivity index (χ1) is 8.36. The van der Waals surface area contributed by atoms with Gasteiger partial charge < -0.3 is 9.47 Å². The molecule has 17 heavy (non-hydrogen) atoms. The Kier molecular flexibility index (Phi) is 6.93. The van der Waals surface area contributed by atoms with Crippen LogP contribution in [0.3, 0.4) is 0 Å². The zero-order valence-electron chi connectivity index (χ0n) is 10.7. The summed E-state index contributed by atoms with van der Waals surface area (Å²) in [4.78, 5) is 0. The van der Waals surface area contributed by atoms with Crippen LogP contribution in [-0.2, 0) is 11.3 Å². The molecule has 0 saturated heterocycles. The highest BCUT2D eigenvalue weighted by molar-refractivity contribution is 5.26. The highest BCUT2D eigenvalue weighted by Crippen LogP contribution is 2.11. The van der Waals surface area contributed by atoms with E-state index in [2.05, 4.69) is 18.8 Å². The summed E-state index contributed by atoms with van der Waals surface area (Å²) in [6, 6.07) is 7.88. The van der Waals surface area contributed by atoms with E-state index in [1.807, 2.05) is 24.3 Å². The van der Waals surface area contributed by atoms with Crippen molar-refractivity contribution in [2.24, 2.45) is 0 Å². The first-order valence-corrected chi connectivity index (χ1v) is 6.03. The molecule has 0 atom stereocenters. The van der Waals surface area contributed by atoms with E-state index in [1.165, 1.54) is 12.8 Å². The molecule has 0 unspecified atom stereocenters. The van der Waals surface area contributed by atoms with E-state index in [9.17, 15) is 0 Å². The van der Waals surface area contributed by atoms with Crippen molar-refractivity contribution in [2.45, 2.75) is 32.8 Å². The lowest BCUT2D eigenvalue weighted by Crippen LogP contribution is -1.93. The van der Waals surface area contributed by atoms with Crippen LogP contribution in [0.25, 0.3) is 0 Å². The number of hydrogen-bond acceptors (Lipinski definition) is 2. The van der Waals surface area contributed by atoms with E-state index < -0.39 is 0 Å². The smallest absolute Gasteiger partial charge is 0.118 e. The molecule has 0 aliphatic carbocycles. The summed E-state index contributed by atoms with van der Waals surface area (Å²) < 4.78 is 10.5. The van der Waals surface area contributed by atoms with E-state index in [0.29, 0.717) is 13.2 Å². The fraction of sp³-hybridized carbons (Fsp3) is 0.467. The number of ether oxygens (including phenoxy) is 2. The van der Waals surface area contributed by atoms with Gasteiger partial charge in [0.15, 0.2) is 0 Å². The van der Waals surface area contributed by atoms with Crippen LogP contribution in [0.1, 0.15) is 31.7 Å². The molecule has 1 aromatic rings. The van der Waals surface area contributed by atoms with Gasteiger partial charge in [-0.2, -0.15) is 0 Å². The van der Waals surface area contributed by atoms with Crippen LogP contribution in [0.4, 0.5) is 0 Å². The Balaban J connectivity index is 2.18. The first-order valence-electron chi connectivity index (χ1n) is 6.03. The SMILES string of the molecule is CCCCC#CCOCc1ccc(OC)cc1. The average molecular weight is 232 g/mol. The predicted molar refractivity (Wildman–Crippen MR) is 70.0 cm³/mol. The van der Waals surface area contributed by atoms with Gasteiger partial charge in [-0.05, 0) is 24.1 Å². The molecule has 2 nitrogen and oxygen atoms in total. The number of benzene rings is 1.